The minimum Gasteiger partial charge on any atom is -0.388 e. The van der Waals surface area contributed by atoms with E-state index in [9.17, 15) is 14.9 Å². The summed E-state index contributed by atoms with van der Waals surface area (Å²) >= 11 is 0. The van der Waals surface area contributed by atoms with Crippen molar-refractivity contribution < 1.29 is 14.5 Å². The third-order valence-electron chi connectivity index (χ3n) is 4.04. The van der Waals surface area contributed by atoms with Crippen molar-refractivity contribution in [2.45, 2.75) is 25.0 Å². The summed E-state index contributed by atoms with van der Waals surface area (Å²) in [5.41, 5.74) is 0.658. The molecule has 21 heavy (non-hydrogen) atoms. The van der Waals surface area contributed by atoms with Crippen LogP contribution in [0.15, 0.2) is 18.2 Å². The van der Waals surface area contributed by atoms with Gasteiger partial charge in [-0.2, -0.15) is 0 Å². The highest BCUT2D eigenvalue weighted by Crippen LogP contribution is 2.29. The number of nitro groups is 1. The first-order valence-corrected chi connectivity index (χ1v) is 6.99. The van der Waals surface area contributed by atoms with Gasteiger partial charge in [-0.25, -0.2) is 0 Å². The Kier molecular flexibility index (Phi) is 3.50. The molecule has 7 nitrogen and oxygen atoms in total. The largest absolute Gasteiger partial charge is 0.388 e. The number of amides is 1. The van der Waals surface area contributed by atoms with Gasteiger partial charge in [0.1, 0.15) is 5.56 Å². The fourth-order valence-electron chi connectivity index (χ4n) is 2.97. The normalized spacial score (nSPS) is 24.0. The molecule has 2 heterocycles. The van der Waals surface area contributed by atoms with Gasteiger partial charge in [0.2, 0.25) is 0 Å². The number of likely N-dealkylation sites (tertiary alicyclic amines) is 1. The third kappa shape index (κ3) is 2.56. The monoisotopic (exact) mass is 291 g/mol. The number of nitro benzene ring substituents is 1. The first-order valence-electron chi connectivity index (χ1n) is 6.99. The van der Waals surface area contributed by atoms with Crippen molar-refractivity contribution in [3.8, 4) is 0 Å². The van der Waals surface area contributed by atoms with Crippen LogP contribution < -0.4 is 5.32 Å². The number of nitrogens with one attached hydrogen (secondary N) is 1. The average Bonchev–Trinajstić information content (AvgIpc) is 2.84. The number of hydrogen-bond donors (Lipinski definition) is 1. The molecular weight excluding hydrogens is 274 g/mol. The van der Waals surface area contributed by atoms with Crippen LogP contribution in [-0.4, -0.2) is 48.1 Å². The van der Waals surface area contributed by atoms with Crippen molar-refractivity contribution in [1.82, 2.24) is 4.90 Å². The molecule has 3 rings (SSSR count). The fourth-order valence-corrected chi connectivity index (χ4v) is 2.97. The molecule has 0 saturated carbocycles. The number of ether oxygens (including phenoxy) is 1. The standard InChI is InChI=1S/C14H17N3O4/c1-15-9-2-5-13(17(19)20)12(6-9)14(18)16-7-10-3-4-11(8-16)21-10/h2,5-6,10-11,15H,3-4,7-8H2,1H3. The molecule has 0 spiro atoms. The maximum absolute atomic E-state index is 12.7. The summed E-state index contributed by atoms with van der Waals surface area (Å²) in [5, 5.41) is 14.0. The fraction of sp³-hybridized carbons (Fsp3) is 0.500. The quantitative estimate of drug-likeness (QED) is 0.676. The van der Waals surface area contributed by atoms with E-state index in [2.05, 4.69) is 5.32 Å². The van der Waals surface area contributed by atoms with E-state index in [1.807, 2.05) is 0 Å². The second kappa shape index (κ2) is 5.33. The van der Waals surface area contributed by atoms with Gasteiger partial charge in [-0.15, -0.1) is 0 Å². The SMILES string of the molecule is CNc1ccc([N+](=O)[O-])c(C(=O)N2CC3CCC(C2)O3)c1. The van der Waals surface area contributed by atoms with Crippen molar-refractivity contribution in [3.63, 3.8) is 0 Å². The van der Waals surface area contributed by atoms with Gasteiger partial charge in [0.25, 0.3) is 11.6 Å². The van der Waals surface area contributed by atoms with Crippen LogP contribution in [0.4, 0.5) is 11.4 Å². The first-order chi connectivity index (χ1) is 10.1. The van der Waals surface area contributed by atoms with Gasteiger partial charge in [0.15, 0.2) is 0 Å². The number of hydrogen-bond acceptors (Lipinski definition) is 5. The molecule has 0 radical (unpaired) electrons. The van der Waals surface area contributed by atoms with Crippen molar-refractivity contribution in [2.75, 3.05) is 25.5 Å². The van der Waals surface area contributed by atoms with Crippen molar-refractivity contribution in [3.05, 3.63) is 33.9 Å². The van der Waals surface area contributed by atoms with Crippen LogP contribution in [0.3, 0.4) is 0 Å². The van der Waals surface area contributed by atoms with Gasteiger partial charge in [-0.1, -0.05) is 0 Å². The molecular formula is C14H17N3O4. The van der Waals surface area contributed by atoms with E-state index in [0.717, 1.165) is 12.8 Å². The number of carbonyl (C=O) groups is 1. The Morgan fingerprint density at radius 1 is 1.38 bits per heavy atom. The number of carbonyl (C=O) groups excluding carboxylic acids is 1. The topological polar surface area (TPSA) is 84.7 Å². The van der Waals surface area contributed by atoms with Crippen LogP contribution in [-0.2, 0) is 4.74 Å². The van der Waals surface area contributed by atoms with Gasteiger partial charge < -0.3 is 15.0 Å². The van der Waals surface area contributed by atoms with Crippen molar-refractivity contribution in [1.29, 1.82) is 0 Å². The van der Waals surface area contributed by atoms with E-state index >= 15 is 0 Å². The molecule has 2 bridgehead atoms. The molecule has 1 aromatic carbocycles. The average molecular weight is 291 g/mol. The number of anilines is 1. The number of rotatable bonds is 3. The summed E-state index contributed by atoms with van der Waals surface area (Å²) in [6, 6.07) is 4.50. The Bertz CT molecular complexity index is 578. The highest BCUT2D eigenvalue weighted by atomic mass is 16.6. The lowest BCUT2D eigenvalue weighted by molar-refractivity contribution is -0.385. The lowest BCUT2D eigenvalue weighted by Crippen LogP contribution is -2.45. The van der Waals surface area contributed by atoms with Crippen LogP contribution in [0.5, 0.6) is 0 Å². The minimum atomic E-state index is -0.512. The van der Waals surface area contributed by atoms with Crippen molar-refractivity contribution >= 4 is 17.3 Å². The van der Waals surface area contributed by atoms with Gasteiger partial charge in [0.05, 0.1) is 17.1 Å². The highest BCUT2D eigenvalue weighted by molar-refractivity contribution is 5.99. The number of fused-ring (bicyclic) bond motifs is 2. The summed E-state index contributed by atoms with van der Waals surface area (Å²) in [7, 11) is 1.71. The molecule has 1 aromatic rings. The van der Waals surface area contributed by atoms with Gasteiger partial charge in [-0.3, -0.25) is 14.9 Å². The Balaban J connectivity index is 1.91. The predicted molar refractivity (Wildman–Crippen MR) is 76.4 cm³/mol. The molecule has 0 aromatic heterocycles. The molecule has 2 aliphatic heterocycles. The van der Waals surface area contributed by atoms with Crippen LogP contribution in [0.2, 0.25) is 0 Å². The van der Waals surface area contributed by atoms with Crippen molar-refractivity contribution in [2.24, 2.45) is 0 Å². The second-order valence-electron chi connectivity index (χ2n) is 5.41. The second-order valence-corrected chi connectivity index (χ2v) is 5.41. The lowest BCUT2D eigenvalue weighted by atomic mass is 10.1. The number of benzene rings is 1. The summed E-state index contributed by atoms with van der Waals surface area (Å²) in [6.07, 6.45) is 2.04. The van der Waals surface area contributed by atoms with E-state index in [-0.39, 0.29) is 29.4 Å². The molecule has 1 N–H and O–H groups in total. The van der Waals surface area contributed by atoms with Gasteiger partial charge in [0, 0.05) is 31.9 Å². The lowest BCUT2D eigenvalue weighted by Gasteiger charge is -2.32. The Hall–Kier alpha value is -2.15. The minimum absolute atomic E-state index is 0.0687. The van der Waals surface area contributed by atoms with Crippen LogP contribution in [0, 0.1) is 10.1 Å². The molecule has 7 heteroatoms. The third-order valence-corrected chi connectivity index (χ3v) is 4.04. The molecule has 112 valence electrons. The summed E-state index contributed by atoms with van der Waals surface area (Å²) in [6.45, 7) is 1.02. The molecule has 1 amide bonds. The Morgan fingerprint density at radius 2 is 2.05 bits per heavy atom. The molecule has 2 fully saturated rings. The van der Waals surface area contributed by atoms with E-state index in [1.165, 1.54) is 12.1 Å². The molecule has 2 saturated heterocycles. The van der Waals surface area contributed by atoms with E-state index < -0.39 is 4.92 Å². The number of morpholine rings is 1. The van der Waals surface area contributed by atoms with E-state index in [0.29, 0.717) is 18.8 Å². The van der Waals surface area contributed by atoms with Crippen LogP contribution in [0.1, 0.15) is 23.2 Å². The van der Waals surface area contributed by atoms with Crippen LogP contribution in [0.25, 0.3) is 0 Å². The molecule has 2 unspecified atom stereocenters. The predicted octanol–water partition coefficient (Wildman–Crippen LogP) is 1.64. The zero-order chi connectivity index (χ0) is 15.0. The van der Waals surface area contributed by atoms with Gasteiger partial charge >= 0.3 is 0 Å². The van der Waals surface area contributed by atoms with Gasteiger partial charge in [-0.05, 0) is 25.0 Å². The summed E-state index contributed by atoms with van der Waals surface area (Å²) in [5.74, 6) is -0.293. The summed E-state index contributed by atoms with van der Waals surface area (Å²) < 4.78 is 5.70. The maximum atomic E-state index is 12.7. The highest BCUT2D eigenvalue weighted by Gasteiger charge is 2.37. The zero-order valence-electron chi connectivity index (χ0n) is 11.7. The molecule has 0 aliphatic carbocycles. The number of nitrogens with zero attached hydrogens (tertiary/aromatic N) is 2. The summed E-state index contributed by atoms with van der Waals surface area (Å²) in [4.78, 5) is 25.0. The molecule has 2 atom stereocenters. The maximum Gasteiger partial charge on any atom is 0.282 e. The molecule has 2 aliphatic rings. The Labute approximate surface area is 122 Å². The smallest absolute Gasteiger partial charge is 0.282 e. The Morgan fingerprint density at radius 3 is 2.62 bits per heavy atom. The zero-order valence-corrected chi connectivity index (χ0v) is 11.7. The first kappa shape index (κ1) is 13.8. The van der Waals surface area contributed by atoms with Crippen LogP contribution >= 0.6 is 0 Å². The van der Waals surface area contributed by atoms with E-state index in [4.69, 9.17) is 4.74 Å². The van der Waals surface area contributed by atoms with E-state index in [1.54, 1.807) is 18.0 Å².